The number of rotatable bonds is 4. The number of hydrogen-bond acceptors (Lipinski definition) is 4. The lowest BCUT2D eigenvalue weighted by Gasteiger charge is -2.09. The van der Waals surface area contributed by atoms with E-state index in [1.807, 2.05) is 18.2 Å². The molecule has 1 aliphatic carbocycles. The van der Waals surface area contributed by atoms with Gasteiger partial charge in [-0.05, 0) is 30.9 Å². The van der Waals surface area contributed by atoms with Crippen molar-refractivity contribution in [2.75, 3.05) is 12.3 Å². The molecule has 94 valence electrons. The van der Waals surface area contributed by atoms with Crippen molar-refractivity contribution in [1.29, 1.82) is 0 Å². The molecular formula is C13H13ClN2O2. The fourth-order valence-corrected chi connectivity index (χ4v) is 1.99. The summed E-state index contributed by atoms with van der Waals surface area (Å²) in [7, 11) is 0. The van der Waals surface area contributed by atoms with Crippen LogP contribution < -0.4 is 10.5 Å². The van der Waals surface area contributed by atoms with Crippen molar-refractivity contribution in [3.8, 4) is 17.1 Å². The number of benzene rings is 1. The zero-order valence-corrected chi connectivity index (χ0v) is 10.5. The van der Waals surface area contributed by atoms with Gasteiger partial charge in [0.2, 0.25) is 0 Å². The fourth-order valence-electron chi connectivity index (χ4n) is 1.72. The van der Waals surface area contributed by atoms with E-state index in [-0.39, 0.29) is 0 Å². The molecule has 1 heterocycles. The van der Waals surface area contributed by atoms with E-state index < -0.39 is 0 Å². The van der Waals surface area contributed by atoms with Gasteiger partial charge < -0.3 is 15.0 Å². The van der Waals surface area contributed by atoms with Crippen LogP contribution in [-0.4, -0.2) is 11.8 Å². The highest BCUT2D eigenvalue weighted by Crippen LogP contribution is 2.37. The van der Waals surface area contributed by atoms with Crippen LogP contribution in [-0.2, 0) is 0 Å². The molecule has 0 saturated heterocycles. The van der Waals surface area contributed by atoms with Gasteiger partial charge in [-0.3, -0.25) is 0 Å². The quantitative estimate of drug-likeness (QED) is 0.920. The Morgan fingerprint density at radius 2 is 2.28 bits per heavy atom. The third-order valence-corrected chi connectivity index (χ3v) is 3.32. The minimum absolute atomic E-state index is 0.338. The summed E-state index contributed by atoms with van der Waals surface area (Å²) in [5, 5.41) is 4.19. The molecule has 1 aliphatic rings. The number of hydrogen-bond donors (Lipinski definition) is 1. The molecule has 0 amide bonds. The van der Waals surface area contributed by atoms with Gasteiger partial charge in [-0.15, -0.1) is 0 Å². The second kappa shape index (κ2) is 4.53. The van der Waals surface area contributed by atoms with E-state index in [4.69, 9.17) is 26.6 Å². The first-order valence-corrected chi connectivity index (χ1v) is 6.25. The Hall–Kier alpha value is -1.68. The van der Waals surface area contributed by atoms with Crippen molar-refractivity contribution >= 4 is 17.4 Å². The normalized spacial score (nSPS) is 14.7. The maximum atomic E-state index is 6.30. The standard InChI is InChI=1S/C13H13ClN2O2/c14-13-9(11-6-12(15)16-18-11)2-1-3-10(13)17-7-8-4-5-8/h1-3,6,8H,4-5,7H2,(H2,15,16). The summed E-state index contributed by atoms with van der Waals surface area (Å²) < 4.78 is 10.8. The van der Waals surface area contributed by atoms with Crippen molar-refractivity contribution in [1.82, 2.24) is 5.16 Å². The molecule has 0 radical (unpaired) electrons. The van der Waals surface area contributed by atoms with Gasteiger partial charge >= 0.3 is 0 Å². The summed E-state index contributed by atoms with van der Waals surface area (Å²) in [5.41, 5.74) is 6.28. The van der Waals surface area contributed by atoms with E-state index in [0.717, 1.165) is 12.2 Å². The summed E-state index contributed by atoms with van der Waals surface area (Å²) >= 11 is 6.30. The first-order chi connectivity index (χ1) is 8.74. The van der Waals surface area contributed by atoms with Gasteiger partial charge in [-0.25, -0.2) is 0 Å². The van der Waals surface area contributed by atoms with E-state index in [1.165, 1.54) is 12.8 Å². The fraction of sp³-hybridized carbons (Fsp3) is 0.308. The van der Waals surface area contributed by atoms with Gasteiger partial charge in [0, 0.05) is 11.6 Å². The van der Waals surface area contributed by atoms with Crippen LogP contribution in [0.15, 0.2) is 28.8 Å². The van der Waals surface area contributed by atoms with Gasteiger partial charge in [0.1, 0.15) is 5.75 Å². The Morgan fingerprint density at radius 3 is 2.94 bits per heavy atom. The predicted octanol–water partition coefficient (Wildman–Crippen LogP) is 3.37. The van der Waals surface area contributed by atoms with Crippen LogP contribution in [0, 0.1) is 5.92 Å². The Labute approximate surface area is 110 Å². The van der Waals surface area contributed by atoms with Crippen molar-refractivity contribution in [3.05, 3.63) is 29.3 Å². The van der Waals surface area contributed by atoms with Crippen molar-refractivity contribution in [3.63, 3.8) is 0 Å². The Balaban J connectivity index is 1.87. The number of nitrogens with two attached hydrogens (primary N) is 1. The average Bonchev–Trinajstić information content (AvgIpc) is 3.09. The molecule has 1 saturated carbocycles. The molecule has 1 aromatic heterocycles. The molecule has 4 nitrogen and oxygen atoms in total. The van der Waals surface area contributed by atoms with E-state index in [2.05, 4.69) is 5.16 Å². The van der Waals surface area contributed by atoms with Gasteiger partial charge in [0.15, 0.2) is 11.6 Å². The average molecular weight is 265 g/mol. The van der Waals surface area contributed by atoms with Crippen LogP contribution in [0.25, 0.3) is 11.3 Å². The molecule has 0 atom stereocenters. The molecule has 0 spiro atoms. The summed E-state index contributed by atoms with van der Waals surface area (Å²) in [6.07, 6.45) is 2.49. The summed E-state index contributed by atoms with van der Waals surface area (Å²) in [4.78, 5) is 0. The molecule has 5 heteroatoms. The summed E-state index contributed by atoms with van der Waals surface area (Å²) in [6.45, 7) is 0.724. The summed E-state index contributed by atoms with van der Waals surface area (Å²) in [5.74, 6) is 2.25. The molecule has 18 heavy (non-hydrogen) atoms. The van der Waals surface area contributed by atoms with Crippen LogP contribution in [0.2, 0.25) is 5.02 Å². The van der Waals surface area contributed by atoms with Gasteiger partial charge in [0.05, 0.1) is 11.6 Å². The van der Waals surface area contributed by atoms with Crippen LogP contribution >= 0.6 is 11.6 Å². The smallest absolute Gasteiger partial charge is 0.170 e. The Morgan fingerprint density at radius 1 is 1.44 bits per heavy atom. The number of halogens is 1. The van der Waals surface area contributed by atoms with E-state index in [9.17, 15) is 0 Å². The number of nitrogen functional groups attached to an aromatic ring is 1. The summed E-state index contributed by atoms with van der Waals surface area (Å²) in [6, 6.07) is 7.23. The number of anilines is 1. The van der Waals surface area contributed by atoms with Crippen molar-refractivity contribution in [2.24, 2.45) is 5.92 Å². The molecule has 0 unspecified atom stereocenters. The molecule has 1 fully saturated rings. The topological polar surface area (TPSA) is 61.3 Å². The highest BCUT2D eigenvalue weighted by Gasteiger charge is 2.22. The lowest BCUT2D eigenvalue weighted by atomic mass is 10.1. The van der Waals surface area contributed by atoms with Crippen LogP contribution in [0.3, 0.4) is 0 Å². The number of aromatic nitrogens is 1. The minimum Gasteiger partial charge on any atom is -0.492 e. The highest BCUT2D eigenvalue weighted by molar-refractivity contribution is 6.34. The largest absolute Gasteiger partial charge is 0.492 e. The predicted molar refractivity (Wildman–Crippen MR) is 69.6 cm³/mol. The third-order valence-electron chi connectivity index (χ3n) is 2.93. The zero-order chi connectivity index (χ0) is 12.5. The maximum Gasteiger partial charge on any atom is 0.170 e. The maximum absolute atomic E-state index is 6.30. The molecule has 1 aromatic carbocycles. The monoisotopic (exact) mass is 264 g/mol. The second-order valence-corrected chi connectivity index (χ2v) is 4.87. The van der Waals surface area contributed by atoms with E-state index in [0.29, 0.717) is 28.3 Å². The Kier molecular flexibility index (Phi) is 2.88. The zero-order valence-electron chi connectivity index (χ0n) is 9.73. The highest BCUT2D eigenvalue weighted by atomic mass is 35.5. The number of ether oxygens (including phenoxy) is 1. The van der Waals surface area contributed by atoms with Gasteiger partial charge in [-0.2, -0.15) is 0 Å². The molecule has 0 aliphatic heterocycles. The van der Waals surface area contributed by atoms with Gasteiger partial charge in [-0.1, -0.05) is 22.8 Å². The Bertz CT molecular complexity index is 564. The first-order valence-electron chi connectivity index (χ1n) is 5.88. The molecule has 3 rings (SSSR count). The molecule has 2 aromatic rings. The van der Waals surface area contributed by atoms with E-state index in [1.54, 1.807) is 6.07 Å². The molecule has 2 N–H and O–H groups in total. The van der Waals surface area contributed by atoms with Crippen LogP contribution in [0.5, 0.6) is 5.75 Å². The van der Waals surface area contributed by atoms with E-state index >= 15 is 0 Å². The van der Waals surface area contributed by atoms with Crippen molar-refractivity contribution in [2.45, 2.75) is 12.8 Å². The minimum atomic E-state index is 0.338. The second-order valence-electron chi connectivity index (χ2n) is 4.49. The lowest BCUT2D eigenvalue weighted by Crippen LogP contribution is -1.99. The number of nitrogens with zero attached hydrogens (tertiary/aromatic N) is 1. The third kappa shape index (κ3) is 2.29. The van der Waals surface area contributed by atoms with Gasteiger partial charge in [0.25, 0.3) is 0 Å². The van der Waals surface area contributed by atoms with Crippen molar-refractivity contribution < 1.29 is 9.26 Å². The van der Waals surface area contributed by atoms with Crippen LogP contribution in [0.1, 0.15) is 12.8 Å². The SMILES string of the molecule is Nc1cc(-c2cccc(OCC3CC3)c2Cl)on1. The first kappa shape index (κ1) is 11.4. The van der Waals surface area contributed by atoms with Crippen LogP contribution in [0.4, 0.5) is 5.82 Å². The lowest BCUT2D eigenvalue weighted by molar-refractivity contribution is 0.300. The molecule has 0 bridgehead atoms. The molecular weight excluding hydrogens is 252 g/mol.